The summed E-state index contributed by atoms with van der Waals surface area (Å²) in [6.45, 7) is 4.24. The van der Waals surface area contributed by atoms with Crippen LogP contribution < -0.4 is 4.72 Å². The molecule has 1 unspecified atom stereocenters. The minimum Gasteiger partial charge on any atom is -0.396 e. The second-order valence-electron chi connectivity index (χ2n) is 4.50. The summed E-state index contributed by atoms with van der Waals surface area (Å²) in [5.74, 6) is 0.125. The molecule has 0 saturated carbocycles. The molecule has 17 heavy (non-hydrogen) atoms. The highest BCUT2D eigenvalue weighted by Gasteiger charge is 2.16. The molecule has 0 rings (SSSR count). The van der Waals surface area contributed by atoms with Crippen LogP contribution in [0.4, 0.5) is 0 Å². The summed E-state index contributed by atoms with van der Waals surface area (Å²) in [4.78, 5) is 0. The van der Waals surface area contributed by atoms with Crippen molar-refractivity contribution in [3.63, 3.8) is 0 Å². The Morgan fingerprint density at radius 3 is 2.29 bits per heavy atom. The average molecular weight is 265 g/mol. The maximum atomic E-state index is 11.8. The summed E-state index contributed by atoms with van der Waals surface area (Å²) in [5.41, 5.74) is 0. The van der Waals surface area contributed by atoms with Crippen LogP contribution in [0, 0.1) is 0 Å². The van der Waals surface area contributed by atoms with Crippen molar-refractivity contribution in [2.24, 2.45) is 0 Å². The van der Waals surface area contributed by atoms with Gasteiger partial charge in [-0.25, -0.2) is 13.1 Å². The first-order valence-electron chi connectivity index (χ1n) is 6.66. The van der Waals surface area contributed by atoms with E-state index in [2.05, 4.69) is 18.6 Å². The van der Waals surface area contributed by atoms with Crippen LogP contribution in [0.15, 0.2) is 0 Å². The molecule has 0 aliphatic carbocycles. The molecule has 4 nitrogen and oxygen atoms in total. The van der Waals surface area contributed by atoms with Gasteiger partial charge in [0.05, 0.1) is 5.75 Å². The molecule has 0 aromatic carbocycles. The van der Waals surface area contributed by atoms with E-state index in [0.29, 0.717) is 12.8 Å². The topological polar surface area (TPSA) is 66.4 Å². The van der Waals surface area contributed by atoms with Gasteiger partial charge in [0.1, 0.15) is 0 Å². The fourth-order valence-corrected chi connectivity index (χ4v) is 3.22. The summed E-state index contributed by atoms with van der Waals surface area (Å²) in [7, 11) is -3.17. The number of unbranched alkanes of at least 4 members (excludes halogenated alkanes) is 2. The van der Waals surface area contributed by atoms with Gasteiger partial charge in [0.15, 0.2) is 0 Å². The van der Waals surface area contributed by atoms with Gasteiger partial charge in [-0.3, -0.25) is 0 Å². The fourth-order valence-electron chi connectivity index (χ4n) is 1.78. The van der Waals surface area contributed by atoms with E-state index in [1.165, 1.54) is 0 Å². The van der Waals surface area contributed by atoms with E-state index < -0.39 is 10.0 Å². The third-order valence-electron chi connectivity index (χ3n) is 2.71. The van der Waals surface area contributed by atoms with Gasteiger partial charge in [-0.15, -0.1) is 0 Å². The van der Waals surface area contributed by atoms with Crippen LogP contribution in [0.2, 0.25) is 0 Å². The smallest absolute Gasteiger partial charge is 0.211 e. The van der Waals surface area contributed by atoms with E-state index in [9.17, 15) is 8.42 Å². The lowest BCUT2D eigenvalue weighted by atomic mass is 10.1. The molecule has 0 bridgehead atoms. The van der Waals surface area contributed by atoms with Crippen molar-refractivity contribution < 1.29 is 13.5 Å². The molecule has 0 aromatic heterocycles. The molecule has 0 aromatic rings. The maximum absolute atomic E-state index is 11.8. The molecule has 0 fully saturated rings. The van der Waals surface area contributed by atoms with Crippen molar-refractivity contribution in [2.45, 2.75) is 64.8 Å². The second kappa shape index (κ2) is 9.85. The van der Waals surface area contributed by atoms with Crippen LogP contribution in [0.3, 0.4) is 0 Å². The Labute approximate surface area is 106 Å². The molecule has 0 saturated heterocycles. The lowest BCUT2D eigenvalue weighted by molar-refractivity contribution is 0.287. The number of aliphatic hydroxyl groups is 1. The van der Waals surface area contributed by atoms with Gasteiger partial charge in [0.2, 0.25) is 10.0 Å². The van der Waals surface area contributed by atoms with Gasteiger partial charge in [0.25, 0.3) is 0 Å². The summed E-state index contributed by atoms with van der Waals surface area (Å²) >= 11 is 0. The molecule has 5 heteroatoms. The number of sulfonamides is 1. The number of nitrogens with one attached hydrogen (secondary N) is 1. The molecule has 0 amide bonds. The molecule has 0 aliphatic rings. The highest BCUT2D eigenvalue weighted by Crippen LogP contribution is 2.09. The summed E-state index contributed by atoms with van der Waals surface area (Å²) in [5, 5.41) is 8.63. The maximum Gasteiger partial charge on any atom is 0.211 e. The van der Waals surface area contributed by atoms with E-state index in [0.717, 1.165) is 32.1 Å². The highest BCUT2D eigenvalue weighted by atomic mass is 32.2. The largest absolute Gasteiger partial charge is 0.396 e. The third-order valence-corrected chi connectivity index (χ3v) is 4.23. The molecule has 104 valence electrons. The van der Waals surface area contributed by atoms with Crippen molar-refractivity contribution in [2.75, 3.05) is 12.4 Å². The minimum absolute atomic E-state index is 0.0593. The van der Waals surface area contributed by atoms with Crippen molar-refractivity contribution in [1.82, 2.24) is 4.72 Å². The van der Waals surface area contributed by atoms with Crippen LogP contribution >= 0.6 is 0 Å². The molecule has 0 spiro atoms. The van der Waals surface area contributed by atoms with Crippen LogP contribution in [0.5, 0.6) is 0 Å². The van der Waals surface area contributed by atoms with E-state index in [4.69, 9.17) is 5.11 Å². The van der Waals surface area contributed by atoms with E-state index in [-0.39, 0.29) is 18.4 Å². The van der Waals surface area contributed by atoms with E-state index >= 15 is 0 Å². The Balaban J connectivity index is 4.11. The van der Waals surface area contributed by atoms with Gasteiger partial charge < -0.3 is 5.11 Å². The standard InChI is InChI=1S/C12H27NO3S/c1-3-5-9-12(8-4-2)13-17(15,16)11-7-6-10-14/h12-14H,3-11H2,1-2H3. The number of rotatable bonds is 11. The first-order valence-corrected chi connectivity index (χ1v) is 8.31. The van der Waals surface area contributed by atoms with Crippen molar-refractivity contribution in [1.29, 1.82) is 0 Å². The van der Waals surface area contributed by atoms with E-state index in [1.807, 2.05) is 0 Å². The van der Waals surface area contributed by atoms with Crippen LogP contribution in [0.25, 0.3) is 0 Å². The average Bonchev–Trinajstić information content (AvgIpc) is 2.26. The zero-order chi connectivity index (χ0) is 13.1. The summed E-state index contributed by atoms with van der Waals surface area (Å²) in [6.07, 6.45) is 6.04. The van der Waals surface area contributed by atoms with Gasteiger partial charge in [0, 0.05) is 12.6 Å². The molecule has 0 heterocycles. The Morgan fingerprint density at radius 1 is 1.06 bits per heavy atom. The first kappa shape index (κ1) is 16.9. The van der Waals surface area contributed by atoms with Crippen LogP contribution in [-0.2, 0) is 10.0 Å². The molecular formula is C12H27NO3S. The summed E-state index contributed by atoms with van der Waals surface area (Å²) < 4.78 is 26.3. The Kier molecular flexibility index (Phi) is 9.78. The monoisotopic (exact) mass is 265 g/mol. The molecule has 1 atom stereocenters. The normalized spacial score (nSPS) is 13.8. The zero-order valence-corrected chi connectivity index (χ0v) is 11.9. The number of hydrogen-bond donors (Lipinski definition) is 2. The Morgan fingerprint density at radius 2 is 1.76 bits per heavy atom. The number of aliphatic hydroxyl groups excluding tert-OH is 1. The molecule has 2 N–H and O–H groups in total. The lowest BCUT2D eigenvalue weighted by Crippen LogP contribution is -2.36. The lowest BCUT2D eigenvalue weighted by Gasteiger charge is -2.17. The zero-order valence-electron chi connectivity index (χ0n) is 11.1. The SMILES string of the molecule is CCCCC(CCC)NS(=O)(=O)CCCCO. The van der Waals surface area contributed by atoms with Crippen LogP contribution in [0.1, 0.15) is 58.8 Å². The van der Waals surface area contributed by atoms with Crippen molar-refractivity contribution in [3.8, 4) is 0 Å². The quantitative estimate of drug-likeness (QED) is 0.562. The third kappa shape index (κ3) is 9.56. The van der Waals surface area contributed by atoms with Crippen molar-refractivity contribution >= 4 is 10.0 Å². The van der Waals surface area contributed by atoms with E-state index in [1.54, 1.807) is 0 Å². The Hall–Kier alpha value is -0.130. The fraction of sp³-hybridized carbons (Fsp3) is 1.00. The van der Waals surface area contributed by atoms with Crippen molar-refractivity contribution in [3.05, 3.63) is 0 Å². The first-order chi connectivity index (χ1) is 8.05. The Bertz CT molecular complexity index is 265. The molecule has 0 aliphatic heterocycles. The summed E-state index contributed by atoms with van der Waals surface area (Å²) in [6, 6.07) is 0.0825. The predicted octanol–water partition coefficient (Wildman–Crippen LogP) is 2.04. The predicted molar refractivity (Wildman–Crippen MR) is 71.5 cm³/mol. The molecule has 0 radical (unpaired) electrons. The van der Waals surface area contributed by atoms with Gasteiger partial charge in [-0.2, -0.15) is 0 Å². The minimum atomic E-state index is -3.17. The van der Waals surface area contributed by atoms with Crippen LogP contribution in [-0.4, -0.2) is 31.9 Å². The highest BCUT2D eigenvalue weighted by molar-refractivity contribution is 7.89. The van der Waals surface area contributed by atoms with Gasteiger partial charge in [-0.1, -0.05) is 33.1 Å². The van der Waals surface area contributed by atoms with Gasteiger partial charge in [-0.05, 0) is 25.7 Å². The second-order valence-corrected chi connectivity index (χ2v) is 6.37. The number of hydrogen-bond acceptors (Lipinski definition) is 3. The van der Waals surface area contributed by atoms with Gasteiger partial charge >= 0.3 is 0 Å². The molecular weight excluding hydrogens is 238 g/mol.